The molecule has 0 unspecified atom stereocenters. The molecule has 2 N–H and O–H groups in total. The maximum Gasteiger partial charge on any atom is 0.255 e. The SMILES string of the molecule is COCCNC(=O)c1ccc(C(=O)Nc2ccc(C)cc2C)cc1. The summed E-state index contributed by atoms with van der Waals surface area (Å²) in [4.78, 5) is 24.2. The fraction of sp³-hybridized carbons (Fsp3) is 0.263. The highest BCUT2D eigenvalue weighted by molar-refractivity contribution is 6.05. The molecule has 126 valence electrons. The van der Waals surface area contributed by atoms with E-state index < -0.39 is 0 Å². The van der Waals surface area contributed by atoms with Gasteiger partial charge in [0.1, 0.15) is 0 Å². The summed E-state index contributed by atoms with van der Waals surface area (Å²) in [6, 6.07) is 12.4. The number of methoxy groups -OCH3 is 1. The summed E-state index contributed by atoms with van der Waals surface area (Å²) in [6.07, 6.45) is 0. The van der Waals surface area contributed by atoms with E-state index in [1.807, 2.05) is 32.0 Å². The van der Waals surface area contributed by atoms with E-state index in [1.54, 1.807) is 31.4 Å². The third-order valence-electron chi connectivity index (χ3n) is 3.63. The van der Waals surface area contributed by atoms with Crippen molar-refractivity contribution in [3.8, 4) is 0 Å². The Morgan fingerprint density at radius 2 is 1.58 bits per heavy atom. The van der Waals surface area contributed by atoms with Crippen molar-refractivity contribution < 1.29 is 14.3 Å². The molecule has 0 aliphatic rings. The number of aryl methyl sites for hydroxylation is 2. The van der Waals surface area contributed by atoms with E-state index in [0.29, 0.717) is 24.3 Å². The Kier molecular flexibility index (Phi) is 6.09. The van der Waals surface area contributed by atoms with E-state index in [1.165, 1.54) is 0 Å². The number of hydrogen-bond donors (Lipinski definition) is 2. The van der Waals surface area contributed by atoms with Crippen molar-refractivity contribution in [2.24, 2.45) is 0 Å². The van der Waals surface area contributed by atoms with Gasteiger partial charge in [0, 0.05) is 30.5 Å². The first-order valence-electron chi connectivity index (χ1n) is 7.77. The molecule has 0 saturated heterocycles. The van der Waals surface area contributed by atoms with Crippen LogP contribution in [-0.2, 0) is 4.74 Å². The van der Waals surface area contributed by atoms with Crippen molar-refractivity contribution in [1.82, 2.24) is 5.32 Å². The third-order valence-corrected chi connectivity index (χ3v) is 3.63. The minimum atomic E-state index is -0.201. The van der Waals surface area contributed by atoms with Crippen LogP contribution in [0.2, 0.25) is 0 Å². The van der Waals surface area contributed by atoms with Crippen LogP contribution >= 0.6 is 0 Å². The Morgan fingerprint density at radius 1 is 0.958 bits per heavy atom. The summed E-state index contributed by atoms with van der Waals surface area (Å²) < 4.78 is 4.88. The quantitative estimate of drug-likeness (QED) is 0.802. The number of nitrogens with one attached hydrogen (secondary N) is 2. The van der Waals surface area contributed by atoms with Gasteiger partial charge >= 0.3 is 0 Å². The Balaban J connectivity index is 2.01. The predicted octanol–water partition coefficient (Wildman–Crippen LogP) is 2.93. The average molecular weight is 326 g/mol. The minimum Gasteiger partial charge on any atom is -0.383 e. The van der Waals surface area contributed by atoms with Gasteiger partial charge in [-0.3, -0.25) is 9.59 Å². The molecule has 0 atom stereocenters. The van der Waals surface area contributed by atoms with Gasteiger partial charge in [0.05, 0.1) is 6.61 Å². The van der Waals surface area contributed by atoms with Crippen LogP contribution in [-0.4, -0.2) is 32.1 Å². The summed E-state index contributed by atoms with van der Waals surface area (Å²) in [7, 11) is 1.58. The molecule has 0 heterocycles. The number of carbonyl (C=O) groups is 2. The van der Waals surface area contributed by atoms with Crippen LogP contribution in [0.4, 0.5) is 5.69 Å². The van der Waals surface area contributed by atoms with Crippen LogP contribution in [0.25, 0.3) is 0 Å². The molecule has 0 aromatic heterocycles. The second-order valence-corrected chi connectivity index (χ2v) is 5.60. The van der Waals surface area contributed by atoms with Crippen molar-refractivity contribution in [2.75, 3.05) is 25.6 Å². The second-order valence-electron chi connectivity index (χ2n) is 5.60. The fourth-order valence-electron chi connectivity index (χ4n) is 2.29. The van der Waals surface area contributed by atoms with Gasteiger partial charge in [-0.25, -0.2) is 0 Å². The van der Waals surface area contributed by atoms with Crippen LogP contribution in [0, 0.1) is 13.8 Å². The summed E-state index contributed by atoms with van der Waals surface area (Å²) in [5, 5.41) is 5.62. The van der Waals surface area contributed by atoms with Crippen LogP contribution in [0.3, 0.4) is 0 Å². The molecular weight excluding hydrogens is 304 g/mol. The molecule has 2 amide bonds. The van der Waals surface area contributed by atoms with Gasteiger partial charge in [-0.1, -0.05) is 17.7 Å². The van der Waals surface area contributed by atoms with Crippen LogP contribution < -0.4 is 10.6 Å². The molecular formula is C19H22N2O3. The Bertz CT molecular complexity index is 724. The molecule has 0 aliphatic heterocycles. The number of hydrogen-bond acceptors (Lipinski definition) is 3. The second kappa shape index (κ2) is 8.26. The molecule has 2 aromatic carbocycles. The highest BCUT2D eigenvalue weighted by Crippen LogP contribution is 2.17. The first-order valence-corrected chi connectivity index (χ1v) is 7.77. The number of benzene rings is 2. The normalized spacial score (nSPS) is 10.3. The van der Waals surface area contributed by atoms with Gasteiger partial charge in [0.25, 0.3) is 11.8 Å². The lowest BCUT2D eigenvalue weighted by Gasteiger charge is -2.10. The van der Waals surface area contributed by atoms with Crippen molar-refractivity contribution >= 4 is 17.5 Å². The van der Waals surface area contributed by atoms with Crippen molar-refractivity contribution in [2.45, 2.75) is 13.8 Å². The zero-order chi connectivity index (χ0) is 17.5. The monoisotopic (exact) mass is 326 g/mol. The first-order chi connectivity index (χ1) is 11.5. The maximum absolute atomic E-state index is 12.3. The lowest BCUT2D eigenvalue weighted by Crippen LogP contribution is -2.27. The smallest absolute Gasteiger partial charge is 0.255 e. The van der Waals surface area contributed by atoms with Crippen LogP contribution in [0.5, 0.6) is 0 Å². The summed E-state index contributed by atoms with van der Waals surface area (Å²) in [5.74, 6) is -0.387. The van der Waals surface area contributed by atoms with E-state index in [0.717, 1.165) is 16.8 Å². The van der Waals surface area contributed by atoms with E-state index >= 15 is 0 Å². The van der Waals surface area contributed by atoms with Crippen molar-refractivity contribution in [3.63, 3.8) is 0 Å². The molecule has 0 radical (unpaired) electrons. The Morgan fingerprint density at radius 3 is 2.17 bits per heavy atom. The number of carbonyl (C=O) groups excluding carboxylic acids is 2. The zero-order valence-electron chi connectivity index (χ0n) is 14.2. The lowest BCUT2D eigenvalue weighted by atomic mass is 10.1. The number of anilines is 1. The van der Waals surface area contributed by atoms with Crippen LogP contribution in [0.15, 0.2) is 42.5 Å². The van der Waals surface area contributed by atoms with Gasteiger partial charge in [0.15, 0.2) is 0 Å². The molecule has 2 aromatic rings. The Hall–Kier alpha value is -2.66. The number of ether oxygens (including phenoxy) is 1. The van der Waals surface area contributed by atoms with E-state index in [2.05, 4.69) is 10.6 Å². The topological polar surface area (TPSA) is 67.4 Å². The standard InChI is InChI=1S/C19H22N2O3/c1-13-4-9-17(14(2)12-13)21-19(23)16-7-5-15(6-8-16)18(22)20-10-11-24-3/h4-9,12H,10-11H2,1-3H3,(H,20,22)(H,21,23). The van der Waals surface area contributed by atoms with E-state index in [9.17, 15) is 9.59 Å². The Labute approximate surface area is 142 Å². The van der Waals surface area contributed by atoms with Crippen molar-refractivity contribution in [3.05, 3.63) is 64.7 Å². The predicted molar refractivity (Wildman–Crippen MR) is 94.5 cm³/mol. The van der Waals surface area contributed by atoms with Gasteiger partial charge in [0.2, 0.25) is 0 Å². The highest BCUT2D eigenvalue weighted by Gasteiger charge is 2.10. The largest absolute Gasteiger partial charge is 0.383 e. The van der Waals surface area contributed by atoms with E-state index in [4.69, 9.17) is 4.74 Å². The molecule has 0 spiro atoms. The summed E-state index contributed by atoms with van der Waals surface area (Å²) in [6.45, 7) is 4.87. The van der Waals surface area contributed by atoms with Gasteiger partial charge in [-0.2, -0.15) is 0 Å². The first kappa shape index (κ1) is 17.7. The highest BCUT2D eigenvalue weighted by atomic mass is 16.5. The third kappa shape index (κ3) is 4.67. The van der Waals surface area contributed by atoms with Crippen LogP contribution in [0.1, 0.15) is 31.8 Å². The molecule has 0 bridgehead atoms. The molecule has 5 heteroatoms. The van der Waals surface area contributed by atoms with Gasteiger partial charge < -0.3 is 15.4 Å². The molecule has 24 heavy (non-hydrogen) atoms. The van der Waals surface area contributed by atoms with Gasteiger partial charge in [-0.05, 0) is 49.7 Å². The molecule has 0 aliphatic carbocycles. The average Bonchev–Trinajstić information content (AvgIpc) is 2.57. The number of rotatable bonds is 6. The summed E-state index contributed by atoms with van der Waals surface area (Å²) >= 11 is 0. The zero-order valence-corrected chi connectivity index (χ0v) is 14.2. The minimum absolute atomic E-state index is 0.187. The fourth-order valence-corrected chi connectivity index (χ4v) is 2.29. The maximum atomic E-state index is 12.3. The molecule has 0 fully saturated rings. The molecule has 0 saturated carbocycles. The lowest BCUT2D eigenvalue weighted by molar-refractivity contribution is 0.0935. The van der Waals surface area contributed by atoms with E-state index in [-0.39, 0.29) is 11.8 Å². The summed E-state index contributed by atoms with van der Waals surface area (Å²) in [5.41, 5.74) is 3.95. The van der Waals surface area contributed by atoms with Gasteiger partial charge in [-0.15, -0.1) is 0 Å². The van der Waals surface area contributed by atoms with Crippen molar-refractivity contribution in [1.29, 1.82) is 0 Å². The number of amides is 2. The molecule has 5 nitrogen and oxygen atoms in total. The molecule has 2 rings (SSSR count).